The number of ether oxygens (including phenoxy) is 4. The maximum Gasteiger partial charge on any atom is 0.186 e. The van der Waals surface area contributed by atoms with E-state index < -0.39 is 0 Å². The van der Waals surface area contributed by atoms with E-state index in [1.54, 1.807) is 20.3 Å². The maximum atomic E-state index is 12.9. The lowest BCUT2D eigenvalue weighted by Gasteiger charge is -2.38. The van der Waals surface area contributed by atoms with E-state index in [0.29, 0.717) is 66.0 Å². The first-order chi connectivity index (χ1) is 19.4. The highest BCUT2D eigenvalue weighted by Crippen LogP contribution is 2.37. The first-order valence-electron chi connectivity index (χ1n) is 13.1. The third kappa shape index (κ3) is 5.83. The predicted molar refractivity (Wildman–Crippen MR) is 153 cm³/mol. The zero-order valence-electron chi connectivity index (χ0n) is 23.0. The van der Waals surface area contributed by atoms with Gasteiger partial charge in [0.15, 0.2) is 23.1 Å². The quantitative estimate of drug-likeness (QED) is 0.312. The number of aromatic nitrogens is 2. The van der Waals surface area contributed by atoms with Gasteiger partial charge in [-0.05, 0) is 56.3 Å². The van der Waals surface area contributed by atoms with Gasteiger partial charge >= 0.3 is 0 Å². The lowest BCUT2D eigenvalue weighted by Crippen LogP contribution is -2.45. The number of hydrogen-bond acceptors (Lipinski definition) is 10. The van der Waals surface area contributed by atoms with Crippen LogP contribution in [0.4, 0.5) is 17.2 Å². The molecular weight excluding hydrogens is 512 g/mol. The van der Waals surface area contributed by atoms with Crippen LogP contribution in [-0.4, -0.2) is 74.3 Å². The molecule has 1 aromatic heterocycles. The number of allylic oxidation sites excluding steroid dienone is 4. The van der Waals surface area contributed by atoms with E-state index in [1.807, 2.05) is 38.1 Å². The number of fused-ring (bicyclic) bond motifs is 1. The van der Waals surface area contributed by atoms with Crippen molar-refractivity contribution in [2.75, 3.05) is 50.7 Å². The molecule has 0 spiro atoms. The van der Waals surface area contributed by atoms with E-state index >= 15 is 0 Å². The molecular formula is C30H32N4O6. The van der Waals surface area contributed by atoms with Gasteiger partial charge in [-0.1, -0.05) is 0 Å². The summed E-state index contributed by atoms with van der Waals surface area (Å²) in [7, 11) is 3.19. The minimum atomic E-state index is -0.222. The van der Waals surface area contributed by atoms with Crippen molar-refractivity contribution < 1.29 is 28.5 Å². The van der Waals surface area contributed by atoms with Crippen molar-refractivity contribution in [1.82, 2.24) is 9.97 Å². The molecule has 1 aliphatic heterocycles. The molecule has 1 saturated heterocycles. The Morgan fingerprint density at radius 3 is 2.55 bits per heavy atom. The fraction of sp³-hybridized carbons (Fsp3) is 0.333. The van der Waals surface area contributed by atoms with Crippen molar-refractivity contribution in [2.24, 2.45) is 0 Å². The minimum Gasteiger partial charge on any atom is -0.493 e. The Labute approximate surface area is 232 Å². The molecule has 2 atom stereocenters. The molecule has 3 aromatic rings. The number of rotatable bonds is 9. The molecule has 2 unspecified atom stereocenters. The summed E-state index contributed by atoms with van der Waals surface area (Å²) in [5.41, 5.74) is 3.24. The zero-order valence-corrected chi connectivity index (χ0v) is 23.0. The van der Waals surface area contributed by atoms with Gasteiger partial charge in [-0.2, -0.15) is 0 Å². The van der Waals surface area contributed by atoms with E-state index in [1.165, 1.54) is 24.6 Å². The van der Waals surface area contributed by atoms with Gasteiger partial charge in [-0.25, -0.2) is 9.97 Å². The Bertz CT molecular complexity index is 1490. The van der Waals surface area contributed by atoms with Gasteiger partial charge in [0.2, 0.25) is 0 Å². The first kappa shape index (κ1) is 27.3. The molecule has 10 nitrogen and oxygen atoms in total. The number of carbonyl (C=O) groups excluding carboxylic acids is 2. The lowest BCUT2D eigenvalue weighted by atomic mass is 9.93. The summed E-state index contributed by atoms with van der Waals surface area (Å²) < 4.78 is 22.4. The summed E-state index contributed by atoms with van der Waals surface area (Å²) in [4.78, 5) is 36.3. The first-order valence-corrected chi connectivity index (χ1v) is 13.1. The number of morpholine rings is 1. The number of nitrogens with zero attached hydrogens (tertiary/aromatic N) is 3. The van der Waals surface area contributed by atoms with Crippen molar-refractivity contribution in [3.63, 3.8) is 0 Å². The zero-order chi connectivity index (χ0) is 28.2. The van der Waals surface area contributed by atoms with Crippen LogP contribution in [0.1, 0.15) is 19.4 Å². The number of ketones is 2. The molecule has 0 amide bonds. The van der Waals surface area contributed by atoms with E-state index in [0.717, 1.165) is 11.1 Å². The summed E-state index contributed by atoms with van der Waals surface area (Å²) >= 11 is 0. The topological polar surface area (TPSA) is 112 Å². The molecule has 2 heterocycles. The standard InChI is InChI=1S/C30H32N4O6/c1-18-15-34(16-19(2)40-18)26-7-5-20(11-22(26)23-12-21(35)6-8-27(23)36)33-30-24-13-28(38-4)29(39-10-9-37-3)14-25(24)31-17-32-30/h5-8,11-14,17-19H,9-10,15-16H2,1-4H3,(H,31,32,33). The Hall–Kier alpha value is -4.28. The molecule has 1 aliphatic carbocycles. The fourth-order valence-electron chi connectivity index (χ4n) is 5.01. The number of hydrogen-bond donors (Lipinski definition) is 1. The third-order valence-electron chi connectivity index (χ3n) is 6.73. The average Bonchev–Trinajstić information content (AvgIpc) is 2.93. The van der Waals surface area contributed by atoms with Crippen LogP contribution in [0, 0.1) is 0 Å². The maximum absolute atomic E-state index is 12.9. The predicted octanol–water partition coefficient (Wildman–Crippen LogP) is 4.11. The molecule has 0 saturated carbocycles. The highest BCUT2D eigenvalue weighted by molar-refractivity contribution is 6.34. The van der Waals surface area contributed by atoms with Gasteiger partial charge in [0, 0.05) is 54.2 Å². The molecule has 2 aliphatic rings. The third-order valence-corrected chi connectivity index (χ3v) is 6.73. The molecule has 208 valence electrons. The largest absolute Gasteiger partial charge is 0.493 e. The molecule has 1 fully saturated rings. The van der Waals surface area contributed by atoms with Crippen molar-refractivity contribution in [3.8, 4) is 11.5 Å². The monoisotopic (exact) mass is 544 g/mol. The van der Waals surface area contributed by atoms with Gasteiger partial charge in [0.05, 0.1) is 31.4 Å². The van der Waals surface area contributed by atoms with Crippen LogP contribution in [0.15, 0.2) is 54.9 Å². The van der Waals surface area contributed by atoms with Crippen molar-refractivity contribution >= 4 is 45.2 Å². The van der Waals surface area contributed by atoms with Crippen LogP contribution in [0.25, 0.3) is 16.5 Å². The molecule has 2 aromatic carbocycles. The van der Waals surface area contributed by atoms with Gasteiger partial charge in [-0.15, -0.1) is 0 Å². The van der Waals surface area contributed by atoms with E-state index in [4.69, 9.17) is 18.9 Å². The molecule has 5 rings (SSSR count). The summed E-state index contributed by atoms with van der Waals surface area (Å²) in [6.07, 6.45) is 5.53. The van der Waals surface area contributed by atoms with Crippen molar-refractivity contribution in [1.29, 1.82) is 0 Å². The van der Waals surface area contributed by atoms with Crippen LogP contribution in [0.5, 0.6) is 11.5 Å². The summed E-state index contributed by atoms with van der Waals surface area (Å²) in [5.74, 6) is 1.21. The second-order valence-corrected chi connectivity index (χ2v) is 9.76. The van der Waals surface area contributed by atoms with Crippen LogP contribution in [0.3, 0.4) is 0 Å². The Morgan fingerprint density at radius 1 is 1.00 bits per heavy atom. The number of anilines is 3. The smallest absolute Gasteiger partial charge is 0.186 e. The Balaban J connectivity index is 1.54. The highest BCUT2D eigenvalue weighted by atomic mass is 16.5. The van der Waals surface area contributed by atoms with E-state index in [2.05, 4.69) is 20.2 Å². The molecule has 10 heteroatoms. The van der Waals surface area contributed by atoms with Crippen LogP contribution in [0.2, 0.25) is 0 Å². The second kappa shape index (κ2) is 11.8. The fourth-order valence-corrected chi connectivity index (χ4v) is 5.01. The van der Waals surface area contributed by atoms with Crippen molar-refractivity contribution in [3.05, 3.63) is 60.5 Å². The second-order valence-electron chi connectivity index (χ2n) is 9.76. The van der Waals surface area contributed by atoms with Gasteiger partial charge < -0.3 is 29.2 Å². The minimum absolute atomic E-state index is 0.0256. The van der Waals surface area contributed by atoms with Crippen molar-refractivity contribution in [2.45, 2.75) is 26.1 Å². The van der Waals surface area contributed by atoms with Crippen LogP contribution < -0.4 is 19.7 Å². The summed E-state index contributed by atoms with van der Waals surface area (Å²) in [6.45, 7) is 6.20. The molecule has 0 bridgehead atoms. The summed E-state index contributed by atoms with van der Waals surface area (Å²) in [6, 6.07) is 9.40. The van der Waals surface area contributed by atoms with E-state index in [9.17, 15) is 9.59 Å². The van der Waals surface area contributed by atoms with Gasteiger partial charge in [0.25, 0.3) is 0 Å². The molecule has 1 N–H and O–H groups in total. The van der Waals surface area contributed by atoms with E-state index in [-0.39, 0.29) is 23.8 Å². The number of benzene rings is 2. The number of methoxy groups -OCH3 is 2. The molecule has 40 heavy (non-hydrogen) atoms. The lowest BCUT2D eigenvalue weighted by molar-refractivity contribution is -0.113. The molecule has 0 radical (unpaired) electrons. The van der Waals surface area contributed by atoms with Crippen LogP contribution >= 0.6 is 0 Å². The van der Waals surface area contributed by atoms with Crippen LogP contribution in [-0.2, 0) is 19.1 Å². The Morgan fingerprint density at radius 2 is 1.80 bits per heavy atom. The normalized spacial score (nSPS) is 19.1. The van der Waals surface area contributed by atoms with Gasteiger partial charge in [0.1, 0.15) is 18.8 Å². The number of carbonyl (C=O) groups is 2. The highest BCUT2D eigenvalue weighted by Gasteiger charge is 2.27. The summed E-state index contributed by atoms with van der Waals surface area (Å²) in [5, 5.41) is 4.10. The average molecular weight is 545 g/mol. The number of nitrogens with one attached hydrogen (secondary N) is 1. The Kier molecular flexibility index (Phi) is 8.09. The SMILES string of the molecule is COCCOc1cc2ncnc(Nc3ccc(N4CC(C)OC(C)C4)c(C4=CC(=O)C=CC4=O)c3)c2cc1OC. The van der Waals surface area contributed by atoms with Gasteiger partial charge in [-0.3, -0.25) is 9.59 Å².